The van der Waals surface area contributed by atoms with E-state index in [0.29, 0.717) is 18.7 Å². The Bertz CT molecular complexity index is 1710. The first-order valence-corrected chi connectivity index (χ1v) is 17.1. The maximum absolute atomic E-state index is 15.1. The zero-order valence-electron chi connectivity index (χ0n) is 26.7. The smallest absolute Gasteiger partial charge is 0.264 e. The highest BCUT2D eigenvalue weighted by Gasteiger charge is 2.35. The number of amides is 2. The van der Waals surface area contributed by atoms with Crippen LogP contribution in [0.1, 0.15) is 48.9 Å². The number of hydrogen-bond donors (Lipinski definition) is 1. The van der Waals surface area contributed by atoms with Crippen LogP contribution in [0.15, 0.2) is 108 Å². The van der Waals surface area contributed by atoms with Crippen molar-refractivity contribution in [2.45, 2.75) is 63.9 Å². The lowest BCUT2D eigenvalue weighted by Gasteiger charge is -2.34. The van der Waals surface area contributed by atoms with E-state index in [1.54, 1.807) is 42.5 Å². The maximum Gasteiger partial charge on any atom is 0.264 e. The van der Waals surface area contributed by atoms with Gasteiger partial charge in [-0.25, -0.2) is 12.8 Å². The molecule has 2 amide bonds. The number of nitrogens with one attached hydrogen (secondary N) is 1. The molecule has 1 unspecified atom stereocenters. The van der Waals surface area contributed by atoms with Gasteiger partial charge in [-0.05, 0) is 55.2 Å². The normalized spacial score (nSPS) is 11.9. The van der Waals surface area contributed by atoms with E-state index in [2.05, 4.69) is 5.32 Å². The summed E-state index contributed by atoms with van der Waals surface area (Å²) in [4.78, 5) is 29.7. The second-order valence-electron chi connectivity index (χ2n) is 11.3. The number of carbonyl (C=O) groups excluding carboxylic acids is 2. The van der Waals surface area contributed by atoms with Crippen molar-refractivity contribution in [2.75, 3.05) is 17.4 Å². The third kappa shape index (κ3) is 8.60. The van der Waals surface area contributed by atoms with Crippen LogP contribution in [0.25, 0.3) is 0 Å². The molecule has 0 aromatic heterocycles. The number of benzene rings is 4. The van der Waals surface area contributed by atoms with Crippen molar-refractivity contribution < 1.29 is 22.4 Å². The van der Waals surface area contributed by atoms with Gasteiger partial charge in [-0.2, -0.15) is 0 Å². The molecule has 1 N–H and O–H groups in total. The van der Waals surface area contributed by atoms with Crippen molar-refractivity contribution in [3.63, 3.8) is 0 Å². The van der Waals surface area contributed by atoms with Crippen LogP contribution in [0, 0.1) is 12.7 Å². The number of rotatable bonds is 15. The van der Waals surface area contributed by atoms with Gasteiger partial charge in [0, 0.05) is 25.1 Å². The molecule has 4 aromatic carbocycles. The molecule has 0 spiro atoms. The zero-order valence-corrected chi connectivity index (χ0v) is 27.5. The first-order valence-electron chi connectivity index (χ1n) is 15.7. The first-order chi connectivity index (χ1) is 22.1. The molecule has 0 bridgehead atoms. The predicted molar refractivity (Wildman–Crippen MR) is 180 cm³/mol. The molecular weight excluding hydrogens is 601 g/mol. The van der Waals surface area contributed by atoms with Crippen molar-refractivity contribution >= 4 is 27.5 Å². The van der Waals surface area contributed by atoms with Crippen molar-refractivity contribution in [2.24, 2.45) is 0 Å². The molecule has 0 aliphatic carbocycles. The van der Waals surface area contributed by atoms with Gasteiger partial charge in [0.15, 0.2) is 0 Å². The Morgan fingerprint density at radius 3 is 2.11 bits per heavy atom. The topological polar surface area (TPSA) is 86.8 Å². The van der Waals surface area contributed by atoms with E-state index in [0.717, 1.165) is 33.8 Å². The van der Waals surface area contributed by atoms with Crippen LogP contribution in [-0.2, 0) is 39.0 Å². The molecule has 0 aliphatic heterocycles. The number of sulfonamides is 1. The average molecular weight is 644 g/mol. The van der Waals surface area contributed by atoms with Crippen LogP contribution < -0.4 is 9.62 Å². The lowest BCUT2D eigenvalue weighted by Crippen LogP contribution is -2.53. The summed E-state index contributed by atoms with van der Waals surface area (Å²) in [6, 6.07) is 27.9. The van der Waals surface area contributed by atoms with E-state index < -0.39 is 34.3 Å². The van der Waals surface area contributed by atoms with Crippen molar-refractivity contribution in [1.29, 1.82) is 0 Å². The van der Waals surface area contributed by atoms with Gasteiger partial charge in [-0.3, -0.25) is 13.9 Å². The molecule has 242 valence electrons. The third-order valence-electron chi connectivity index (χ3n) is 7.93. The number of para-hydroxylation sites is 1. The summed E-state index contributed by atoms with van der Waals surface area (Å²) < 4.78 is 44.7. The van der Waals surface area contributed by atoms with E-state index in [1.807, 2.05) is 63.2 Å². The number of anilines is 1. The van der Waals surface area contributed by atoms with Crippen LogP contribution in [0.5, 0.6) is 0 Å². The summed E-state index contributed by atoms with van der Waals surface area (Å²) in [6.45, 7) is 5.40. The van der Waals surface area contributed by atoms with Gasteiger partial charge in [0.25, 0.3) is 10.0 Å². The number of unbranched alkanes of at least 4 members (excludes halogenated alkanes) is 1. The number of nitrogens with zero attached hydrogens (tertiary/aromatic N) is 2. The highest BCUT2D eigenvalue weighted by molar-refractivity contribution is 7.92. The molecule has 0 fully saturated rings. The molecule has 7 nitrogen and oxygen atoms in total. The maximum atomic E-state index is 15.1. The SMILES string of the molecule is CCCCNC(=O)C(Cc1ccccc1)N(Cc1ccccc1F)C(=O)CN(c1ccccc1CC)S(=O)(=O)c1ccc(C)cc1. The Hall–Kier alpha value is -4.50. The molecule has 4 rings (SSSR count). The Labute approximate surface area is 272 Å². The van der Waals surface area contributed by atoms with Gasteiger partial charge in [0.05, 0.1) is 10.6 Å². The van der Waals surface area contributed by atoms with Crippen molar-refractivity contribution in [3.05, 3.63) is 131 Å². The van der Waals surface area contributed by atoms with E-state index in [4.69, 9.17) is 0 Å². The molecule has 46 heavy (non-hydrogen) atoms. The number of hydrogen-bond acceptors (Lipinski definition) is 4. The summed E-state index contributed by atoms with van der Waals surface area (Å²) in [5.41, 5.74) is 3.04. The fourth-order valence-electron chi connectivity index (χ4n) is 5.27. The Balaban J connectivity index is 1.82. The standard InChI is InChI=1S/C37H42FN3O4S/c1-4-6-24-39-37(43)35(25-29-14-8-7-9-15-29)40(26-31-17-10-12-18-33(31)38)36(42)27-41(34-19-13-11-16-30(34)5-2)46(44,45)32-22-20-28(3)21-23-32/h7-23,35H,4-6,24-27H2,1-3H3,(H,39,43). The predicted octanol–water partition coefficient (Wildman–Crippen LogP) is 6.45. The average Bonchev–Trinajstić information content (AvgIpc) is 3.06. The molecule has 9 heteroatoms. The van der Waals surface area contributed by atoms with Crippen LogP contribution >= 0.6 is 0 Å². The zero-order chi connectivity index (χ0) is 33.1. The molecule has 1 atom stereocenters. The minimum Gasteiger partial charge on any atom is -0.354 e. The molecule has 0 saturated heterocycles. The largest absolute Gasteiger partial charge is 0.354 e. The van der Waals surface area contributed by atoms with Gasteiger partial charge >= 0.3 is 0 Å². The fraction of sp³-hybridized carbons (Fsp3) is 0.297. The van der Waals surface area contributed by atoms with E-state index in [1.165, 1.54) is 23.1 Å². The molecule has 0 saturated carbocycles. The summed E-state index contributed by atoms with van der Waals surface area (Å²) >= 11 is 0. The van der Waals surface area contributed by atoms with Gasteiger partial charge in [0.1, 0.15) is 18.4 Å². The second kappa shape index (κ2) is 16.2. The Kier molecular flexibility index (Phi) is 12.1. The lowest BCUT2D eigenvalue weighted by atomic mass is 10.0. The second-order valence-corrected chi connectivity index (χ2v) is 13.1. The summed E-state index contributed by atoms with van der Waals surface area (Å²) in [6.07, 6.45) is 2.31. The molecular formula is C37H42FN3O4S. The van der Waals surface area contributed by atoms with Crippen LogP contribution in [0.4, 0.5) is 10.1 Å². The molecule has 0 radical (unpaired) electrons. The number of aryl methyl sites for hydroxylation is 2. The number of carbonyl (C=O) groups is 2. The monoisotopic (exact) mass is 643 g/mol. The van der Waals surface area contributed by atoms with Crippen molar-refractivity contribution in [1.82, 2.24) is 10.2 Å². The Morgan fingerprint density at radius 1 is 0.826 bits per heavy atom. The van der Waals surface area contributed by atoms with Crippen molar-refractivity contribution in [3.8, 4) is 0 Å². The van der Waals surface area contributed by atoms with Crippen LogP contribution in [0.2, 0.25) is 0 Å². The first kappa shape index (κ1) is 34.4. The van der Waals surface area contributed by atoms with Crippen LogP contribution in [-0.4, -0.2) is 44.3 Å². The van der Waals surface area contributed by atoms with E-state index in [-0.39, 0.29) is 29.3 Å². The van der Waals surface area contributed by atoms with Crippen LogP contribution in [0.3, 0.4) is 0 Å². The fourth-order valence-corrected chi connectivity index (χ4v) is 6.73. The minimum atomic E-state index is -4.22. The minimum absolute atomic E-state index is 0.0376. The Morgan fingerprint density at radius 2 is 1.46 bits per heavy atom. The molecule has 4 aromatic rings. The van der Waals surface area contributed by atoms with E-state index >= 15 is 4.39 Å². The highest BCUT2D eigenvalue weighted by Crippen LogP contribution is 2.29. The summed E-state index contributed by atoms with van der Waals surface area (Å²) in [5.74, 6) is -1.54. The van der Waals surface area contributed by atoms with Gasteiger partial charge in [0.2, 0.25) is 11.8 Å². The summed E-state index contributed by atoms with van der Waals surface area (Å²) in [5, 5.41) is 2.95. The third-order valence-corrected chi connectivity index (χ3v) is 9.70. The quantitative estimate of drug-likeness (QED) is 0.151. The van der Waals surface area contributed by atoms with Gasteiger partial charge in [-0.1, -0.05) is 105 Å². The lowest BCUT2D eigenvalue weighted by molar-refractivity contribution is -0.140. The summed E-state index contributed by atoms with van der Waals surface area (Å²) in [7, 11) is -4.22. The van der Waals surface area contributed by atoms with Gasteiger partial charge in [-0.15, -0.1) is 0 Å². The molecule has 0 aliphatic rings. The van der Waals surface area contributed by atoms with E-state index in [9.17, 15) is 18.0 Å². The number of halogens is 1. The van der Waals surface area contributed by atoms with Gasteiger partial charge < -0.3 is 10.2 Å². The molecule has 0 heterocycles. The highest BCUT2D eigenvalue weighted by atomic mass is 32.2.